The second-order valence-electron chi connectivity index (χ2n) is 5.56. The predicted molar refractivity (Wildman–Crippen MR) is 81.0 cm³/mol. The van der Waals surface area contributed by atoms with Crippen molar-refractivity contribution >= 4 is 0 Å². The first-order valence-corrected chi connectivity index (χ1v) is 7.46. The number of likely N-dealkylation sites (N-methyl/N-ethyl adjacent to an activating group) is 1. The van der Waals surface area contributed by atoms with E-state index in [-0.39, 0.29) is 18.2 Å². The summed E-state index contributed by atoms with van der Waals surface area (Å²) in [7, 11) is 0. The molecule has 1 aliphatic heterocycles. The average Bonchev–Trinajstić information content (AvgIpc) is 2.47. The summed E-state index contributed by atoms with van der Waals surface area (Å²) in [6.07, 6.45) is 0.259. The number of benzene rings is 1. The van der Waals surface area contributed by atoms with Gasteiger partial charge in [0.15, 0.2) is 0 Å². The lowest BCUT2D eigenvalue weighted by Gasteiger charge is -2.35. The predicted octanol–water partition coefficient (Wildman–Crippen LogP) is 2.19. The summed E-state index contributed by atoms with van der Waals surface area (Å²) < 4.78 is 11.5. The van der Waals surface area contributed by atoms with Gasteiger partial charge in [-0.05, 0) is 38.1 Å². The highest BCUT2D eigenvalue weighted by Gasteiger charge is 2.26. The zero-order chi connectivity index (χ0) is 14.5. The normalized spacial score (nSPS) is 21.9. The first kappa shape index (κ1) is 15.3. The Labute approximate surface area is 121 Å². The monoisotopic (exact) mass is 278 g/mol. The molecule has 1 aromatic carbocycles. The molecule has 2 N–H and O–H groups in total. The fourth-order valence-corrected chi connectivity index (χ4v) is 2.49. The van der Waals surface area contributed by atoms with Gasteiger partial charge >= 0.3 is 0 Å². The van der Waals surface area contributed by atoms with Crippen LogP contribution in [0.1, 0.15) is 32.4 Å². The average molecular weight is 278 g/mol. The summed E-state index contributed by atoms with van der Waals surface area (Å²) >= 11 is 0. The van der Waals surface area contributed by atoms with Crippen molar-refractivity contribution in [2.45, 2.75) is 39.0 Å². The Kier molecular flexibility index (Phi) is 5.40. The number of rotatable bonds is 5. The number of morpholine rings is 1. The largest absolute Gasteiger partial charge is 0.491 e. The van der Waals surface area contributed by atoms with E-state index in [9.17, 15) is 0 Å². The quantitative estimate of drug-likeness (QED) is 0.897. The topological polar surface area (TPSA) is 47.7 Å². The maximum atomic E-state index is 6.35. The van der Waals surface area contributed by atoms with Crippen LogP contribution in [0.15, 0.2) is 24.3 Å². The zero-order valence-electron chi connectivity index (χ0n) is 12.7. The maximum absolute atomic E-state index is 6.35. The lowest BCUT2D eigenvalue weighted by molar-refractivity contribution is -0.0392. The van der Waals surface area contributed by atoms with Gasteiger partial charge in [0.25, 0.3) is 0 Å². The molecular weight excluding hydrogens is 252 g/mol. The Hall–Kier alpha value is -1.10. The van der Waals surface area contributed by atoms with Gasteiger partial charge in [-0.25, -0.2) is 0 Å². The van der Waals surface area contributed by atoms with E-state index in [0.29, 0.717) is 0 Å². The smallest absolute Gasteiger partial charge is 0.119 e. The molecule has 0 bridgehead atoms. The van der Waals surface area contributed by atoms with Crippen LogP contribution in [-0.4, -0.2) is 43.3 Å². The first-order chi connectivity index (χ1) is 9.60. The third kappa shape index (κ3) is 3.95. The van der Waals surface area contributed by atoms with E-state index < -0.39 is 0 Å². The molecule has 0 saturated carbocycles. The molecule has 2 unspecified atom stereocenters. The van der Waals surface area contributed by atoms with Crippen molar-refractivity contribution in [2.24, 2.45) is 5.73 Å². The number of nitrogens with two attached hydrogens (primary N) is 1. The molecule has 2 atom stereocenters. The number of hydrogen-bond acceptors (Lipinski definition) is 4. The second kappa shape index (κ2) is 7.07. The van der Waals surface area contributed by atoms with Crippen molar-refractivity contribution in [1.29, 1.82) is 0 Å². The van der Waals surface area contributed by atoms with E-state index in [1.165, 1.54) is 0 Å². The summed E-state index contributed by atoms with van der Waals surface area (Å²) in [5.74, 6) is 0.885. The number of nitrogens with zero attached hydrogens (tertiary/aromatic N) is 1. The van der Waals surface area contributed by atoms with Crippen molar-refractivity contribution < 1.29 is 9.47 Å². The SMILES string of the molecule is CCN1CCOC(C(N)c2ccc(OC(C)C)cc2)C1. The van der Waals surface area contributed by atoms with Crippen molar-refractivity contribution in [3.05, 3.63) is 29.8 Å². The fourth-order valence-electron chi connectivity index (χ4n) is 2.49. The molecule has 4 heteroatoms. The highest BCUT2D eigenvalue weighted by Crippen LogP contribution is 2.23. The maximum Gasteiger partial charge on any atom is 0.119 e. The Bertz CT molecular complexity index is 405. The van der Waals surface area contributed by atoms with Crippen molar-refractivity contribution in [2.75, 3.05) is 26.2 Å². The van der Waals surface area contributed by atoms with Gasteiger partial charge in [-0.3, -0.25) is 4.90 Å². The molecule has 0 spiro atoms. The number of ether oxygens (including phenoxy) is 2. The minimum absolute atomic E-state index is 0.0700. The summed E-state index contributed by atoms with van der Waals surface area (Å²) in [5, 5.41) is 0. The summed E-state index contributed by atoms with van der Waals surface area (Å²) in [4.78, 5) is 2.38. The van der Waals surface area contributed by atoms with Gasteiger partial charge in [0, 0.05) is 13.1 Å². The molecule has 4 nitrogen and oxygen atoms in total. The van der Waals surface area contributed by atoms with Crippen LogP contribution >= 0.6 is 0 Å². The Morgan fingerprint density at radius 2 is 2.05 bits per heavy atom. The lowest BCUT2D eigenvalue weighted by Crippen LogP contribution is -2.46. The van der Waals surface area contributed by atoms with Crippen LogP contribution in [0.2, 0.25) is 0 Å². The van der Waals surface area contributed by atoms with Gasteiger partial charge < -0.3 is 15.2 Å². The Balaban J connectivity index is 1.99. The van der Waals surface area contributed by atoms with Gasteiger partial charge in [-0.1, -0.05) is 19.1 Å². The van der Waals surface area contributed by atoms with Crippen LogP contribution in [0.25, 0.3) is 0 Å². The highest BCUT2D eigenvalue weighted by atomic mass is 16.5. The van der Waals surface area contributed by atoms with Crippen molar-refractivity contribution in [3.8, 4) is 5.75 Å². The van der Waals surface area contributed by atoms with E-state index in [1.54, 1.807) is 0 Å². The van der Waals surface area contributed by atoms with E-state index in [1.807, 2.05) is 38.1 Å². The van der Waals surface area contributed by atoms with E-state index >= 15 is 0 Å². The number of hydrogen-bond donors (Lipinski definition) is 1. The molecule has 0 aliphatic carbocycles. The Morgan fingerprint density at radius 1 is 1.35 bits per heavy atom. The fraction of sp³-hybridized carbons (Fsp3) is 0.625. The van der Waals surface area contributed by atoms with Crippen molar-refractivity contribution in [3.63, 3.8) is 0 Å². The van der Waals surface area contributed by atoms with Crippen LogP contribution in [0.5, 0.6) is 5.75 Å². The van der Waals surface area contributed by atoms with Gasteiger partial charge in [0.05, 0.1) is 24.9 Å². The molecule has 1 saturated heterocycles. The van der Waals surface area contributed by atoms with Gasteiger partial charge in [-0.15, -0.1) is 0 Å². The minimum atomic E-state index is -0.0857. The molecule has 1 aromatic rings. The highest BCUT2D eigenvalue weighted by molar-refractivity contribution is 5.29. The Morgan fingerprint density at radius 3 is 2.65 bits per heavy atom. The van der Waals surface area contributed by atoms with E-state index in [2.05, 4.69) is 11.8 Å². The molecule has 1 heterocycles. The second-order valence-corrected chi connectivity index (χ2v) is 5.56. The van der Waals surface area contributed by atoms with Crippen molar-refractivity contribution in [1.82, 2.24) is 4.90 Å². The summed E-state index contributed by atoms with van der Waals surface area (Å²) in [6.45, 7) is 9.94. The van der Waals surface area contributed by atoms with Crippen LogP contribution in [-0.2, 0) is 4.74 Å². The third-order valence-corrected chi connectivity index (χ3v) is 3.66. The molecule has 0 radical (unpaired) electrons. The molecular formula is C16H26N2O2. The molecule has 112 valence electrons. The minimum Gasteiger partial charge on any atom is -0.491 e. The van der Waals surface area contributed by atoms with Crippen LogP contribution in [0, 0.1) is 0 Å². The summed E-state index contributed by atoms with van der Waals surface area (Å²) in [6, 6.07) is 7.95. The summed E-state index contributed by atoms with van der Waals surface area (Å²) in [5.41, 5.74) is 7.45. The van der Waals surface area contributed by atoms with E-state index in [0.717, 1.165) is 37.6 Å². The molecule has 1 fully saturated rings. The van der Waals surface area contributed by atoms with Gasteiger partial charge in [0.1, 0.15) is 5.75 Å². The molecule has 1 aliphatic rings. The zero-order valence-corrected chi connectivity index (χ0v) is 12.7. The third-order valence-electron chi connectivity index (χ3n) is 3.66. The molecule has 2 rings (SSSR count). The lowest BCUT2D eigenvalue weighted by atomic mass is 10.0. The van der Waals surface area contributed by atoms with Gasteiger partial charge in [-0.2, -0.15) is 0 Å². The molecule has 0 amide bonds. The van der Waals surface area contributed by atoms with Crippen LogP contribution in [0.4, 0.5) is 0 Å². The van der Waals surface area contributed by atoms with Crippen LogP contribution < -0.4 is 10.5 Å². The van der Waals surface area contributed by atoms with Gasteiger partial charge in [0.2, 0.25) is 0 Å². The van der Waals surface area contributed by atoms with E-state index in [4.69, 9.17) is 15.2 Å². The first-order valence-electron chi connectivity index (χ1n) is 7.46. The van der Waals surface area contributed by atoms with Crippen LogP contribution in [0.3, 0.4) is 0 Å². The molecule has 0 aromatic heterocycles. The standard InChI is InChI=1S/C16H26N2O2/c1-4-18-9-10-19-15(11-18)16(17)13-5-7-14(8-6-13)20-12(2)3/h5-8,12,15-16H,4,9-11,17H2,1-3H3. The molecule has 20 heavy (non-hydrogen) atoms.